The highest BCUT2D eigenvalue weighted by Crippen LogP contribution is 2.23. The van der Waals surface area contributed by atoms with Gasteiger partial charge in [-0.25, -0.2) is 0 Å². The lowest BCUT2D eigenvalue weighted by molar-refractivity contribution is -0.384. The summed E-state index contributed by atoms with van der Waals surface area (Å²) in [6, 6.07) is 6.45. The maximum absolute atomic E-state index is 10.6. The van der Waals surface area contributed by atoms with E-state index in [-0.39, 0.29) is 18.8 Å². The van der Waals surface area contributed by atoms with E-state index >= 15 is 0 Å². The molecular weight excluding hydrogens is 286 g/mol. The van der Waals surface area contributed by atoms with E-state index in [4.69, 9.17) is 14.2 Å². The molecule has 6 nitrogen and oxygen atoms in total. The normalized spacial score (nSPS) is 19.7. The van der Waals surface area contributed by atoms with Gasteiger partial charge in [0.05, 0.1) is 11.5 Å². The van der Waals surface area contributed by atoms with Crippen molar-refractivity contribution in [1.82, 2.24) is 0 Å². The molecule has 0 amide bonds. The second-order valence-electron chi connectivity index (χ2n) is 5.14. The minimum Gasteiger partial charge on any atom is -0.355 e. The van der Waals surface area contributed by atoms with Crippen molar-refractivity contribution in [2.24, 2.45) is 0 Å². The average molecular weight is 307 g/mol. The summed E-state index contributed by atoms with van der Waals surface area (Å²) >= 11 is 0. The van der Waals surface area contributed by atoms with Gasteiger partial charge in [0.2, 0.25) is 0 Å². The van der Waals surface area contributed by atoms with Crippen molar-refractivity contribution in [2.45, 2.75) is 32.5 Å². The maximum Gasteiger partial charge on any atom is 0.269 e. The number of non-ortho nitro benzene ring substituents is 1. The van der Waals surface area contributed by atoms with Gasteiger partial charge in [-0.05, 0) is 29.7 Å². The summed E-state index contributed by atoms with van der Waals surface area (Å²) < 4.78 is 16.4. The molecule has 0 unspecified atom stereocenters. The van der Waals surface area contributed by atoms with E-state index in [1.54, 1.807) is 12.1 Å². The summed E-state index contributed by atoms with van der Waals surface area (Å²) in [4.78, 5) is 10.2. The van der Waals surface area contributed by atoms with Crippen LogP contribution in [-0.4, -0.2) is 31.2 Å². The van der Waals surface area contributed by atoms with Gasteiger partial charge in [0, 0.05) is 25.2 Å². The van der Waals surface area contributed by atoms with Gasteiger partial charge in [-0.15, -0.1) is 0 Å². The Balaban J connectivity index is 1.78. The molecule has 0 saturated carbocycles. The smallest absolute Gasteiger partial charge is 0.269 e. The molecule has 0 radical (unpaired) electrons. The van der Waals surface area contributed by atoms with Crippen molar-refractivity contribution in [3.8, 4) is 0 Å². The number of hydrogen-bond acceptors (Lipinski definition) is 5. The summed E-state index contributed by atoms with van der Waals surface area (Å²) in [5, 5.41) is 10.6. The topological polar surface area (TPSA) is 70.8 Å². The number of ether oxygens (including phenoxy) is 3. The maximum atomic E-state index is 10.6. The molecule has 1 aromatic carbocycles. The summed E-state index contributed by atoms with van der Waals surface area (Å²) in [5.74, 6) is 0. The molecule has 1 saturated heterocycles. The van der Waals surface area contributed by atoms with E-state index in [2.05, 4.69) is 6.92 Å². The van der Waals surface area contributed by atoms with Gasteiger partial charge in [0.15, 0.2) is 6.29 Å². The Bertz CT molecular complexity index is 512. The highest BCUT2D eigenvalue weighted by atomic mass is 16.7. The summed E-state index contributed by atoms with van der Waals surface area (Å²) in [6.07, 6.45) is 4.52. The van der Waals surface area contributed by atoms with Crippen LogP contribution in [0.25, 0.3) is 6.08 Å². The van der Waals surface area contributed by atoms with Crippen LogP contribution in [-0.2, 0) is 14.2 Å². The van der Waals surface area contributed by atoms with E-state index in [1.165, 1.54) is 12.1 Å². The molecule has 0 spiro atoms. The Morgan fingerprint density at radius 3 is 2.86 bits per heavy atom. The predicted molar refractivity (Wildman–Crippen MR) is 82.2 cm³/mol. The number of hydrogen-bond donors (Lipinski definition) is 0. The van der Waals surface area contributed by atoms with Crippen LogP contribution < -0.4 is 0 Å². The fourth-order valence-electron chi connectivity index (χ4n) is 2.10. The largest absolute Gasteiger partial charge is 0.355 e. The Labute approximate surface area is 129 Å². The molecule has 22 heavy (non-hydrogen) atoms. The van der Waals surface area contributed by atoms with E-state index in [1.807, 2.05) is 6.08 Å². The monoisotopic (exact) mass is 307 g/mol. The minimum atomic E-state index is -0.405. The van der Waals surface area contributed by atoms with Crippen LogP contribution in [0.15, 0.2) is 29.8 Å². The Kier molecular flexibility index (Phi) is 6.51. The van der Waals surface area contributed by atoms with Gasteiger partial charge in [0.1, 0.15) is 6.79 Å². The SMILES string of the molecule is CCCCOCO[C@H]1C/C(=C/c2ccc([N+](=O)[O-])cc2)CO1. The van der Waals surface area contributed by atoms with Crippen LogP contribution in [0.4, 0.5) is 5.69 Å². The first kappa shape index (κ1) is 16.6. The zero-order valence-corrected chi connectivity index (χ0v) is 12.7. The minimum absolute atomic E-state index is 0.0928. The van der Waals surface area contributed by atoms with Crippen LogP contribution in [0.2, 0.25) is 0 Å². The van der Waals surface area contributed by atoms with E-state index in [0.717, 1.165) is 24.0 Å². The van der Waals surface area contributed by atoms with Gasteiger partial charge in [-0.2, -0.15) is 0 Å². The molecule has 1 heterocycles. The first-order valence-electron chi connectivity index (χ1n) is 7.44. The van der Waals surface area contributed by atoms with Crippen molar-refractivity contribution in [3.63, 3.8) is 0 Å². The van der Waals surface area contributed by atoms with E-state index in [0.29, 0.717) is 19.6 Å². The second-order valence-corrected chi connectivity index (χ2v) is 5.14. The standard InChI is InChI=1S/C16H21NO5/c1-2-3-8-20-12-22-16-10-14(11-21-16)9-13-4-6-15(7-5-13)17(18)19/h4-7,9,16H,2-3,8,10-12H2,1H3/b14-9-/t16-/m0/s1. The van der Waals surface area contributed by atoms with Crippen molar-refractivity contribution >= 4 is 11.8 Å². The number of nitro benzene ring substituents is 1. The molecule has 1 aromatic rings. The lowest BCUT2D eigenvalue weighted by Crippen LogP contribution is -2.13. The molecule has 120 valence electrons. The van der Waals surface area contributed by atoms with Crippen molar-refractivity contribution in [3.05, 3.63) is 45.5 Å². The van der Waals surface area contributed by atoms with Gasteiger partial charge in [-0.1, -0.05) is 19.4 Å². The van der Waals surface area contributed by atoms with Crippen LogP contribution in [0, 0.1) is 10.1 Å². The highest BCUT2D eigenvalue weighted by Gasteiger charge is 2.20. The number of nitrogens with zero attached hydrogens (tertiary/aromatic N) is 1. The summed E-state index contributed by atoms with van der Waals surface area (Å²) in [5.41, 5.74) is 2.12. The zero-order valence-electron chi connectivity index (χ0n) is 12.7. The summed E-state index contributed by atoms with van der Waals surface area (Å²) in [7, 11) is 0. The lowest BCUT2D eigenvalue weighted by atomic mass is 10.1. The Morgan fingerprint density at radius 2 is 2.18 bits per heavy atom. The van der Waals surface area contributed by atoms with Crippen LogP contribution in [0.3, 0.4) is 0 Å². The first-order chi connectivity index (χ1) is 10.7. The molecule has 1 aliphatic heterocycles. The fraction of sp³-hybridized carbons (Fsp3) is 0.500. The quantitative estimate of drug-likeness (QED) is 0.318. The van der Waals surface area contributed by atoms with Crippen LogP contribution in [0.5, 0.6) is 0 Å². The molecule has 2 rings (SSSR count). The zero-order chi connectivity index (χ0) is 15.8. The Hall–Kier alpha value is -1.76. The number of benzene rings is 1. The van der Waals surface area contributed by atoms with Gasteiger partial charge in [-0.3, -0.25) is 10.1 Å². The molecule has 1 fully saturated rings. The Morgan fingerprint density at radius 1 is 1.41 bits per heavy atom. The third-order valence-corrected chi connectivity index (χ3v) is 3.34. The lowest BCUT2D eigenvalue weighted by Gasteiger charge is -2.10. The number of nitro groups is 1. The predicted octanol–water partition coefficient (Wildman–Crippen LogP) is 3.52. The molecule has 1 aliphatic rings. The molecule has 0 aliphatic carbocycles. The third-order valence-electron chi connectivity index (χ3n) is 3.34. The molecule has 0 N–H and O–H groups in total. The summed E-state index contributed by atoms with van der Waals surface area (Å²) in [6.45, 7) is 3.57. The fourth-order valence-corrected chi connectivity index (χ4v) is 2.10. The van der Waals surface area contributed by atoms with Crippen molar-refractivity contribution < 1.29 is 19.1 Å². The van der Waals surface area contributed by atoms with Crippen molar-refractivity contribution in [2.75, 3.05) is 20.0 Å². The number of rotatable bonds is 8. The molecule has 0 aromatic heterocycles. The second kappa shape index (κ2) is 8.63. The third kappa shape index (κ3) is 5.22. The highest BCUT2D eigenvalue weighted by molar-refractivity contribution is 5.55. The van der Waals surface area contributed by atoms with Crippen LogP contribution >= 0.6 is 0 Å². The average Bonchev–Trinajstić information content (AvgIpc) is 2.95. The van der Waals surface area contributed by atoms with E-state index in [9.17, 15) is 10.1 Å². The first-order valence-corrected chi connectivity index (χ1v) is 7.44. The van der Waals surface area contributed by atoms with E-state index < -0.39 is 4.92 Å². The molecular formula is C16H21NO5. The molecule has 0 bridgehead atoms. The van der Waals surface area contributed by atoms with Crippen molar-refractivity contribution in [1.29, 1.82) is 0 Å². The number of unbranched alkanes of at least 4 members (excludes halogenated alkanes) is 1. The molecule has 1 atom stereocenters. The van der Waals surface area contributed by atoms with Gasteiger partial charge in [0.25, 0.3) is 5.69 Å². The van der Waals surface area contributed by atoms with Gasteiger partial charge >= 0.3 is 0 Å². The van der Waals surface area contributed by atoms with Gasteiger partial charge < -0.3 is 14.2 Å². The molecule has 6 heteroatoms. The van der Waals surface area contributed by atoms with Crippen LogP contribution in [0.1, 0.15) is 31.7 Å².